The van der Waals surface area contributed by atoms with Crippen LogP contribution in [0.2, 0.25) is 0 Å². The third-order valence-electron chi connectivity index (χ3n) is 7.20. The average Bonchev–Trinajstić information content (AvgIpc) is 3.49. The lowest BCUT2D eigenvalue weighted by atomic mass is 10.0. The van der Waals surface area contributed by atoms with Gasteiger partial charge in [0.15, 0.2) is 0 Å². The van der Waals surface area contributed by atoms with Crippen molar-refractivity contribution in [1.29, 1.82) is 0 Å². The van der Waals surface area contributed by atoms with Crippen LogP contribution in [0.25, 0.3) is 34.8 Å². The number of nitrogens with zero attached hydrogens (tertiary/aromatic N) is 4. The number of aryl methyl sites for hydroxylation is 2. The van der Waals surface area contributed by atoms with Gasteiger partial charge in [-0.3, -0.25) is 9.55 Å². The van der Waals surface area contributed by atoms with Crippen molar-refractivity contribution >= 4 is 23.4 Å². The highest BCUT2D eigenvalue weighted by Gasteiger charge is 2.35. The van der Waals surface area contributed by atoms with Crippen molar-refractivity contribution in [2.45, 2.75) is 39.8 Å². The highest BCUT2D eigenvalue weighted by Crippen LogP contribution is 2.38. The summed E-state index contributed by atoms with van der Waals surface area (Å²) in [6.45, 7) is 14.6. The van der Waals surface area contributed by atoms with E-state index in [1.54, 1.807) is 48.6 Å². The number of imidazole rings is 1. The largest absolute Gasteiger partial charge is 0.418 e. The Kier molecular flexibility index (Phi) is 9.09. The number of aromatic nitrogens is 4. The van der Waals surface area contributed by atoms with Gasteiger partial charge in [0.1, 0.15) is 0 Å². The standard InChI is InChI=1S/C33H36F3N5O/c1-7-11-16-40(10-4)30-13-12-26(20-27(30)33(34,35)36)41-31(21-39(6)32(41)42)29-19-24(14-15-37-29)23(8-2)18-25-17-22(5)38-28(25)9-3/h8-9,12-15,17-21,38H,2-3,7,10-11,16H2,1,4-6H3/b23-18+. The van der Waals surface area contributed by atoms with Gasteiger partial charge >= 0.3 is 11.9 Å². The van der Waals surface area contributed by atoms with Gasteiger partial charge in [-0.15, -0.1) is 0 Å². The van der Waals surface area contributed by atoms with Gasteiger partial charge in [0, 0.05) is 55.2 Å². The maximum Gasteiger partial charge on any atom is 0.418 e. The van der Waals surface area contributed by atoms with Crippen LogP contribution in [0.1, 0.15) is 54.8 Å². The minimum Gasteiger partial charge on any atom is -0.371 e. The quantitative estimate of drug-likeness (QED) is 0.185. The van der Waals surface area contributed by atoms with Crippen LogP contribution in [0.15, 0.2) is 72.8 Å². The Balaban J connectivity index is 1.85. The molecule has 42 heavy (non-hydrogen) atoms. The molecule has 4 aromatic rings. The van der Waals surface area contributed by atoms with Gasteiger partial charge in [-0.2, -0.15) is 13.2 Å². The first-order chi connectivity index (χ1) is 20.0. The molecule has 0 bridgehead atoms. The van der Waals surface area contributed by atoms with Crippen molar-refractivity contribution in [2.24, 2.45) is 7.05 Å². The van der Waals surface area contributed by atoms with Gasteiger partial charge in [0.2, 0.25) is 0 Å². The second-order valence-electron chi connectivity index (χ2n) is 10.1. The molecule has 0 saturated heterocycles. The Hall–Kier alpha value is -4.53. The van der Waals surface area contributed by atoms with Gasteiger partial charge in [0.25, 0.3) is 0 Å². The molecule has 220 valence electrons. The molecule has 0 fully saturated rings. The number of anilines is 1. The molecule has 0 radical (unpaired) electrons. The number of H-pyrrole nitrogens is 1. The summed E-state index contributed by atoms with van der Waals surface area (Å²) in [4.78, 5) is 22.8. The van der Waals surface area contributed by atoms with Gasteiger partial charge in [-0.1, -0.05) is 32.6 Å². The number of rotatable bonds is 11. The van der Waals surface area contributed by atoms with E-state index in [9.17, 15) is 18.0 Å². The van der Waals surface area contributed by atoms with E-state index in [2.05, 4.69) is 23.1 Å². The number of allylic oxidation sites excluding steroid dienone is 2. The summed E-state index contributed by atoms with van der Waals surface area (Å²) in [5.41, 5.74) is 4.15. The number of unbranched alkanes of at least 4 members (excludes halogenated alkanes) is 1. The number of alkyl halides is 3. The predicted molar refractivity (Wildman–Crippen MR) is 166 cm³/mol. The Bertz CT molecular complexity index is 1690. The Morgan fingerprint density at radius 2 is 1.90 bits per heavy atom. The molecule has 0 atom stereocenters. The van der Waals surface area contributed by atoms with Crippen LogP contribution >= 0.6 is 0 Å². The number of halogens is 3. The summed E-state index contributed by atoms with van der Waals surface area (Å²) in [5.74, 6) is 0. The highest BCUT2D eigenvalue weighted by molar-refractivity contribution is 5.89. The molecule has 0 saturated carbocycles. The summed E-state index contributed by atoms with van der Waals surface area (Å²) < 4.78 is 45.7. The lowest BCUT2D eigenvalue weighted by molar-refractivity contribution is -0.137. The Labute approximate surface area is 244 Å². The summed E-state index contributed by atoms with van der Waals surface area (Å²) in [5, 5.41) is 0. The Morgan fingerprint density at radius 3 is 2.55 bits per heavy atom. The van der Waals surface area contributed by atoms with E-state index >= 15 is 0 Å². The van der Waals surface area contributed by atoms with E-state index < -0.39 is 17.4 Å². The molecule has 3 heterocycles. The zero-order chi connectivity index (χ0) is 30.6. The molecule has 0 spiro atoms. The molecule has 3 aromatic heterocycles. The maximum absolute atomic E-state index is 14.4. The van der Waals surface area contributed by atoms with E-state index in [-0.39, 0.29) is 11.4 Å². The molecular weight excluding hydrogens is 539 g/mol. The summed E-state index contributed by atoms with van der Waals surface area (Å²) in [6, 6.07) is 9.70. The van der Waals surface area contributed by atoms with Crippen molar-refractivity contribution < 1.29 is 13.2 Å². The SMILES string of the molecule is C=C/C(=C\c1cc(C)[nH]c1C=C)c1ccnc(-c2cn(C)c(=O)n2-c2ccc(N(CC)CCCC)c(C(F)(F)F)c2)c1. The third-order valence-corrected chi connectivity index (χ3v) is 7.20. The van der Waals surface area contributed by atoms with Crippen molar-refractivity contribution in [3.63, 3.8) is 0 Å². The predicted octanol–water partition coefficient (Wildman–Crippen LogP) is 7.89. The average molecular weight is 576 g/mol. The monoisotopic (exact) mass is 575 g/mol. The van der Waals surface area contributed by atoms with Crippen molar-refractivity contribution in [1.82, 2.24) is 19.1 Å². The van der Waals surface area contributed by atoms with Gasteiger partial charge in [-0.05, 0) is 80.0 Å². The molecule has 4 rings (SSSR count). The lowest BCUT2D eigenvalue weighted by Gasteiger charge is -2.27. The molecule has 6 nitrogen and oxygen atoms in total. The molecule has 9 heteroatoms. The number of pyridine rings is 1. The van der Waals surface area contributed by atoms with E-state index in [1.165, 1.54) is 15.2 Å². The van der Waals surface area contributed by atoms with Crippen LogP contribution in [-0.4, -0.2) is 32.2 Å². The lowest BCUT2D eigenvalue weighted by Crippen LogP contribution is -2.27. The van der Waals surface area contributed by atoms with Crippen LogP contribution in [0.5, 0.6) is 0 Å². The normalized spacial score (nSPS) is 12.0. The minimum atomic E-state index is -4.60. The molecule has 0 aliphatic heterocycles. The summed E-state index contributed by atoms with van der Waals surface area (Å²) in [7, 11) is 1.56. The number of nitrogens with one attached hydrogen (secondary N) is 1. The molecular formula is C33H36F3N5O. The fourth-order valence-electron chi connectivity index (χ4n) is 5.05. The highest BCUT2D eigenvalue weighted by atomic mass is 19.4. The fraction of sp³-hybridized carbons (Fsp3) is 0.273. The molecule has 0 aliphatic carbocycles. The second-order valence-corrected chi connectivity index (χ2v) is 10.1. The van der Waals surface area contributed by atoms with Crippen molar-refractivity contribution in [2.75, 3.05) is 18.0 Å². The maximum atomic E-state index is 14.4. The first-order valence-corrected chi connectivity index (χ1v) is 13.9. The van der Waals surface area contributed by atoms with E-state index in [1.807, 2.05) is 39.0 Å². The molecule has 1 aromatic carbocycles. The van der Waals surface area contributed by atoms with Crippen LogP contribution in [0.3, 0.4) is 0 Å². The third kappa shape index (κ3) is 6.20. The molecule has 0 amide bonds. The molecule has 0 aliphatic rings. The summed E-state index contributed by atoms with van der Waals surface area (Å²) >= 11 is 0. The zero-order valence-corrected chi connectivity index (χ0v) is 24.4. The van der Waals surface area contributed by atoms with Crippen molar-refractivity contribution in [3.05, 3.63) is 107 Å². The zero-order valence-electron chi connectivity index (χ0n) is 24.4. The van der Waals surface area contributed by atoms with Crippen LogP contribution in [-0.2, 0) is 13.2 Å². The fourth-order valence-corrected chi connectivity index (χ4v) is 5.05. The smallest absolute Gasteiger partial charge is 0.371 e. The van der Waals surface area contributed by atoms with E-state index in [0.717, 1.165) is 47.0 Å². The van der Waals surface area contributed by atoms with Crippen LogP contribution in [0.4, 0.5) is 18.9 Å². The van der Waals surface area contributed by atoms with Crippen LogP contribution in [0, 0.1) is 6.92 Å². The topological polar surface area (TPSA) is 58.9 Å². The number of aromatic amines is 1. The minimum absolute atomic E-state index is 0.104. The van der Waals surface area contributed by atoms with E-state index in [4.69, 9.17) is 0 Å². The van der Waals surface area contributed by atoms with E-state index in [0.29, 0.717) is 24.5 Å². The number of hydrogen-bond acceptors (Lipinski definition) is 3. The van der Waals surface area contributed by atoms with Crippen LogP contribution < -0.4 is 10.6 Å². The van der Waals surface area contributed by atoms with Gasteiger partial charge in [-0.25, -0.2) is 4.79 Å². The van der Waals surface area contributed by atoms with Crippen molar-refractivity contribution in [3.8, 4) is 17.1 Å². The summed E-state index contributed by atoms with van der Waals surface area (Å²) in [6.07, 6.45) is 5.66. The number of hydrogen-bond donors (Lipinski definition) is 1. The molecule has 1 N–H and O–H groups in total. The number of benzene rings is 1. The Morgan fingerprint density at radius 1 is 1.14 bits per heavy atom. The van der Waals surface area contributed by atoms with Gasteiger partial charge < -0.3 is 14.5 Å². The first kappa shape index (κ1) is 30.4. The molecule has 0 unspecified atom stereocenters. The first-order valence-electron chi connectivity index (χ1n) is 13.9. The second kappa shape index (κ2) is 12.5. The van der Waals surface area contributed by atoms with Gasteiger partial charge in [0.05, 0.1) is 22.6 Å².